The lowest BCUT2D eigenvalue weighted by Gasteiger charge is -2.12. The summed E-state index contributed by atoms with van der Waals surface area (Å²) in [5, 5.41) is 6.14. The summed E-state index contributed by atoms with van der Waals surface area (Å²) in [5.41, 5.74) is 3.47. The van der Waals surface area contributed by atoms with Gasteiger partial charge in [-0.25, -0.2) is 0 Å². The summed E-state index contributed by atoms with van der Waals surface area (Å²) in [6, 6.07) is 6.04. The molecule has 92 valence electrons. The van der Waals surface area contributed by atoms with Gasteiger partial charge in [0, 0.05) is 17.3 Å². The Morgan fingerprint density at radius 2 is 2.41 bits per heavy atom. The zero-order chi connectivity index (χ0) is 12.3. The summed E-state index contributed by atoms with van der Waals surface area (Å²) < 4.78 is 0. The van der Waals surface area contributed by atoms with Gasteiger partial charge in [-0.15, -0.1) is 11.8 Å². The van der Waals surface area contributed by atoms with Crippen LogP contribution in [0.25, 0.3) is 0 Å². The standard InChI is InChI=1S/C13H18N2OS/c1-3-10-6-11(5-4-9(10)2)15-13(16)12-7-17-8-14-12/h4-6,12,14H,3,7-8H2,1-2H3,(H,15,16). The number of aryl methyl sites for hydroxylation is 2. The summed E-state index contributed by atoms with van der Waals surface area (Å²) in [4.78, 5) is 11.9. The van der Waals surface area contributed by atoms with Crippen LogP contribution < -0.4 is 10.6 Å². The molecule has 0 aromatic heterocycles. The van der Waals surface area contributed by atoms with Crippen LogP contribution in [0, 0.1) is 6.92 Å². The molecule has 1 amide bonds. The topological polar surface area (TPSA) is 41.1 Å². The molecule has 1 aromatic carbocycles. The molecule has 1 atom stereocenters. The molecule has 2 N–H and O–H groups in total. The third kappa shape index (κ3) is 3.01. The molecule has 0 radical (unpaired) electrons. The van der Waals surface area contributed by atoms with Gasteiger partial charge in [0.2, 0.25) is 5.91 Å². The number of rotatable bonds is 3. The summed E-state index contributed by atoms with van der Waals surface area (Å²) in [6.07, 6.45) is 0.993. The number of hydrogen-bond acceptors (Lipinski definition) is 3. The highest BCUT2D eigenvalue weighted by molar-refractivity contribution is 7.99. The second-order valence-electron chi connectivity index (χ2n) is 4.26. The average Bonchev–Trinajstić information content (AvgIpc) is 2.85. The lowest BCUT2D eigenvalue weighted by atomic mass is 10.1. The number of benzene rings is 1. The van der Waals surface area contributed by atoms with Gasteiger partial charge in [0.05, 0.1) is 6.04 Å². The fraction of sp³-hybridized carbons (Fsp3) is 0.462. The Balaban J connectivity index is 2.05. The fourth-order valence-corrected chi connectivity index (χ4v) is 2.86. The van der Waals surface area contributed by atoms with E-state index in [0.717, 1.165) is 23.7 Å². The molecule has 0 bridgehead atoms. The second kappa shape index (κ2) is 5.56. The van der Waals surface area contributed by atoms with E-state index in [4.69, 9.17) is 0 Å². The van der Waals surface area contributed by atoms with Gasteiger partial charge in [-0.2, -0.15) is 0 Å². The van der Waals surface area contributed by atoms with E-state index >= 15 is 0 Å². The number of thioether (sulfide) groups is 1. The summed E-state index contributed by atoms with van der Waals surface area (Å²) in [6.45, 7) is 4.22. The van der Waals surface area contributed by atoms with Crippen LogP contribution in [0.5, 0.6) is 0 Å². The Bertz CT molecular complexity index is 414. The molecule has 2 rings (SSSR count). The smallest absolute Gasteiger partial charge is 0.242 e. The molecule has 17 heavy (non-hydrogen) atoms. The molecule has 0 aliphatic carbocycles. The van der Waals surface area contributed by atoms with E-state index in [1.165, 1.54) is 11.1 Å². The number of hydrogen-bond donors (Lipinski definition) is 2. The zero-order valence-corrected chi connectivity index (χ0v) is 11.1. The Morgan fingerprint density at radius 1 is 1.59 bits per heavy atom. The SMILES string of the molecule is CCc1cc(NC(=O)C2CSCN2)ccc1C. The van der Waals surface area contributed by atoms with Crippen LogP contribution in [0.1, 0.15) is 18.1 Å². The molecule has 0 spiro atoms. The van der Waals surface area contributed by atoms with Crippen LogP contribution in [0.2, 0.25) is 0 Å². The van der Waals surface area contributed by atoms with Crippen LogP contribution in [0.3, 0.4) is 0 Å². The molecule has 3 nitrogen and oxygen atoms in total. The van der Waals surface area contributed by atoms with Crippen molar-refractivity contribution in [3.63, 3.8) is 0 Å². The van der Waals surface area contributed by atoms with Crippen molar-refractivity contribution in [2.45, 2.75) is 26.3 Å². The van der Waals surface area contributed by atoms with Crippen molar-refractivity contribution in [1.29, 1.82) is 0 Å². The molecular formula is C13H18N2OS. The normalized spacial score (nSPS) is 19.3. The first kappa shape index (κ1) is 12.5. The highest BCUT2D eigenvalue weighted by atomic mass is 32.2. The number of nitrogens with one attached hydrogen (secondary N) is 2. The van der Waals surface area contributed by atoms with Gasteiger partial charge in [-0.05, 0) is 36.6 Å². The van der Waals surface area contributed by atoms with Crippen LogP contribution in [-0.4, -0.2) is 23.6 Å². The molecule has 1 aromatic rings. The third-order valence-corrected chi connectivity index (χ3v) is 3.97. The summed E-state index contributed by atoms with van der Waals surface area (Å²) in [5.74, 6) is 1.80. The van der Waals surface area contributed by atoms with E-state index in [-0.39, 0.29) is 11.9 Å². The Kier molecular flexibility index (Phi) is 4.07. The van der Waals surface area contributed by atoms with Gasteiger partial charge in [0.15, 0.2) is 0 Å². The van der Waals surface area contributed by atoms with Gasteiger partial charge in [0.1, 0.15) is 0 Å². The predicted molar refractivity (Wildman–Crippen MR) is 73.4 cm³/mol. The molecule has 4 heteroatoms. The van der Waals surface area contributed by atoms with Gasteiger partial charge < -0.3 is 5.32 Å². The van der Waals surface area contributed by atoms with Gasteiger partial charge >= 0.3 is 0 Å². The van der Waals surface area contributed by atoms with Crippen LogP contribution in [0.15, 0.2) is 18.2 Å². The minimum atomic E-state index is -0.0496. The molecule has 1 saturated heterocycles. The lowest BCUT2D eigenvalue weighted by Crippen LogP contribution is -2.37. The maximum Gasteiger partial charge on any atom is 0.242 e. The van der Waals surface area contributed by atoms with E-state index in [0.29, 0.717) is 0 Å². The van der Waals surface area contributed by atoms with Crippen molar-refractivity contribution in [3.05, 3.63) is 29.3 Å². The Hall–Kier alpha value is -1.00. The lowest BCUT2D eigenvalue weighted by molar-refractivity contribution is -0.117. The van der Waals surface area contributed by atoms with E-state index < -0.39 is 0 Å². The highest BCUT2D eigenvalue weighted by Gasteiger charge is 2.22. The number of carbonyl (C=O) groups is 1. The quantitative estimate of drug-likeness (QED) is 0.863. The first-order chi connectivity index (χ1) is 8.20. The van der Waals surface area contributed by atoms with E-state index in [1.807, 2.05) is 6.07 Å². The third-order valence-electron chi connectivity index (χ3n) is 3.03. The molecule has 1 unspecified atom stereocenters. The Morgan fingerprint density at radius 3 is 3.06 bits per heavy atom. The largest absolute Gasteiger partial charge is 0.325 e. The van der Waals surface area contributed by atoms with E-state index in [2.05, 4.69) is 36.6 Å². The number of anilines is 1. The van der Waals surface area contributed by atoms with Gasteiger partial charge in [-0.1, -0.05) is 13.0 Å². The van der Waals surface area contributed by atoms with Crippen LogP contribution in [-0.2, 0) is 11.2 Å². The maximum atomic E-state index is 11.9. The average molecular weight is 250 g/mol. The van der Waals surface area contributed by atoms with Crippen LogP contribution >= 0.6 is 11.8 Å². The predicted octanol–water partition coefficient (Wildman–Crippen LogP) is 2.16. The van der Waals surface area contributed by atoms with Gasteiger partial charge in [0.25, 0.3) is 0 Å². The van der Waals surface area contributed by atoms with Gasteiger partial charge in [-0.3, -0.25) is 10.1 Å². The van der Waals surface area contributed by atoms with E-state index in [9.17, 15) is 4.79 Å². The molecule has 1 aliphatic rings. The Labute approximate surface area is 106 Å². The highest BCUT2D eigenvalue weighted by Crippen LogP contribution is 2.17. The fourth-order valence-electron chi connectivity index (χ4n) is 1.92. The number of carbonyl (C=O) groups excluding carboxylic acids is 1. The second-order valence-corrected chi connectivity index (χ2v) is 5.29. The first-order valence-corrected chi connectivity index (χ1v) is 7.07. The molecule has 0 saturated carbocycles. The molecule has 1 fully saturated rings. The van der Waals surface area contributed by atoms with Crippen molar-refractivity contribution in [2.24, 2.45) is 0 Å². The molecular weight excluding hydrogens is 232 g/mol. The maximum absolute atomic E-state index is 11.9. The summed E-state index contributed by atoms with van der Waals surface area (Å²) >= 11 is 1.76. The van der Waals surface area contributed by atoms with Crippen molar-refractivity contribution in [3.8, 4) is 0 Å². The van der Waals surface area contributed by atoms with E-state index in [1.54, 1.807) is 11.8 Å². The monoisotopic (exact) mass is 250 g/mol. The molecule has 1 heterocycles. The van der Waals surface area contributed by atoms with Crippen molar-refractivity contribution < 1.29 is 4.79 Å². The van der Waals surface area contributed by atoms with Crippen molar-refractivity contribution in [2.75, 3.05) is 16.9 Å². The summed E-state index contributed by atoms with van der Waals surface area (Å²) in [7, 11) is 0. The van der Waals surface area contributed by atoms with Crippen LogP contribution in [0.4, 0.5) is 5.69 Å². The minimum Gasteiger partial charge on any atom is -0.325 e. The minimum absolute atomic E-state index is 0.0496. The zero-order valence-electron chi connectivity index (χ0n) is 10.2. The van der Waals surface area contributed by atoms with Crippen molar-refractivity contribution in [1.82, 2.24) is 5.32 Å². The number of amides is 1. The first-order valence-electron chi connectivity index (χ1n) is 5.92. The molecule has 1 aliphatic heterocycles. The van der Waals surface area contributed by atoms with Crippen molar-refractivity contribution >= 4 is 23.4 Å².